The van der Waals surface area contributed by atoms with E-state index < -0.39 is 0 Å². The van der Waals surface area contributed by atoms with Crippen molar-refractivity contribution in [2.24, 2.45) is 7.05 Å². The topological polar surface area (TPSA) is 93.8 Å². The first-order chi connectivity index (χ1) is 17.0. The number of nitrogens with one attached hydrogen (secondary N) is 1. The lowest BCUT2D eigenvalue weighted by Gasteiger charge is -2.28. The molecule has 0 atom stereocenters. The van der Waals surface area contributed by atoms with Crippen LogP contribution >= 0.6 is 11.8 Å². The number of aryl methyl sites for hydroxylation is 1. The van der Waals surface area contributed by atoms with E-state index in [9.17, 15) is 9.18 Å². The van der Waals surface area contributed by atoms with Gasteiger partial charge < -0.3 is 10.2 Å². The second-order valence-corrected chi connectivity index (χ2v) is 9.26. The Morgan fingerprint density at radius 2 is 1.91 bits per heavy atom. The summed E-state index contributed by atoms with van der Waals surface area (Å²) in [6, 6.07) is 7.74. The van der Waals surface area contributed by atoms with Gasteiger partial charge in [-0.25, -0.2) is 19.0 Å². The van der Waals surface area contributed by atoms with Crippen molar-refractivity contribution in [1.82, 2.24) is 34.8 Å². The zero-order valence-electron chi connectivity index (χ0n) is 19.7. The van der Waals surface area contributed by atoms with Gasteiger partial charge in [0.2, 0.25) is 0 Å². The van der Waals surface area contributed by atoms with Gasteiger partial charge in [-0.15, -0.1) is 0 Å². The zero-order valence-corrected chi connectivity index (χ0v) is 20.6. The van der Waals surface area contributed by atoms with Gasteiger partial charge in [0.05, 0.1) is 23.8 Å². The summed E-state index contributed by atoms with van der Waals surface area (Å²) in [7, 11) is 1.71. The summed E-state index contributed by atoms with van der Waals surface area (Å²) < 4.78 is 16.6. The average Bonchev–Trinajstić information content (AvgIpc) is 3.48. The summed E-state index contributed by atoms with van der Waals surface area (Å²) in [5.74, 6) is 0.391. The Bertz CT molecular complexity index is 1340. The molecule has 1 amide bonds. The molecule has 0 aliphatic carbocycles. The molecular weight excluding hydrogens is 467 g/mol. The van der Waals surface area contributed by atoms with Crippen molar-refractivity contribution in [1.29, 1.82) is 0 Å². The molecule has 0 saturated carbocycles. The van der Waals surface area contributed by atoms with Crippen LogP contribution in [0.25, 0.3) is 22.3 Å². The number of anilines is 1. The van der Waals surface area contributed by atoms with Crippen LogP contribution in [-0.4, -0.2) is 61.3 Å². The number of piperidine rings is 1. The highest BCUT2D eigenvalue weighted by atomic mass is 32.2. The number of aromatic nitrogens is 6. The summed E-state index contributed by atoms with van der Waals surface area (Å²) in [4.78, 5) is 24.6. The molecule has 4 heterocycles. The van der Waals surface area contributed by atoms with Gasteiger partial charge in [0.1, 0.15) is 17.3 Å². The molecule has 1 aliphatic heterocycles. The molecule has 0 spiro atoms. The van der Waals surface area contributed by atoms with Crippen molar-refractivity contribution in [2.75, 3.05) is 30.8 Å². The van der Waals surface area contributed by atoms with Crippen LogP contribution in [0.3, 0.4) is 0 Å². The van der Waals surface area contributed by atoms with Gasteiger partial charge in [-0.1, -0.05) is 11.8 Å². The molecular formula is C24H27FN8OS. The molecule has 1 aromatic carbocycles. The van der Waals surface area contributed by atoms with Crippen molar-refractivity contribution in [3.05, 3.63) is 48.0 Å². The van der Waals surface area contributed by atoms with Gasteiger partial charge in [0, 0.05) is 32.2 Å². The molecule has 35 heavy (non-hydrogen) atoms. The second-order valence-electron chi connectivity index (χ2n) is 8.49. The number of benzene rings is 1. The molecule has 3 aromatic heterocycles. The number of hydrogen-bond donors (Lipinski definition) is 1. The normalized spacial score (nSPS) is 14.0. The standard InChI is InChI=1S/C24H27FN8OS/c1-31-20(14-19(30-31)16-6-8-17(25)9-7-16)23(34)26-10-13-33-22-18(15-27-33)21(28-24(29-22)35-2)32-11-4-3-5-12-32/h6-9,14-15H,3-5,10-13H2,1-2H3,(H,26,34). The van der Waals surface area contributed by atoms with E-state index >= 15 is 0 Å². The molecule has 0 unspecified atom stereocenters. The smallest absolute Gasteiger partial charge is 0.269 e. The molecule has 5 rings (SSSR count). The van der Waals surface area contributed by atoms with E-state index in [0.29, 0.717) is 29.6 Å². The van der Waals surface area contributed by atoms with E-state index in [2.05, 4.69) is 20.4 Å². The minimum absolute atomic E-state index is 0.238. The maximum Gasteiger partial charge on any atom is 0.269 e. The van der Waals surface area contributed by atoms with E-state index in [4.69, 9.17) is 9.97 Å². The Labute approximate surface area is 206 Å². The molecule has 1 saturated heterocycles. The van der Waals surface area contributed by atoms with Crippen molar-refractivity contribution in [3.63, 3.8) is 0 Å². The third kappa shape index (κ3) is 4.86. The Morgan fingerprint density at radius 3 is 2.66 bits per heavy atom. The van der Waals surface area contributed by atoms with E-state index in [0.717, 1.165) is 48.3 Å². The molecule has 0 radical (unpaired) electrons. The summed E-state index contributed by atoms with van der Waals surface area (Å²) in [6.45, 7) is 2.84. The number of amides is 1. The highest BCUT2D eigenvalue weighted by Gasteiger charge is 2.20. The number of carbonyl (C=O) groups is 1. The number of fused-ring (bicyclic) bond motifs is 1. The molecule has 1 aliphatic rings. The monoisotopic (exact) mass is 494 g/mol. The van der Waals surface area contributed by atoms with Crippen molar-refractivity contribution in [2.45, 2.75) is 31.0 Å². The van der Waals surface area contributed by atoms with Crippen LogP contribution in [0.4, 0.5) is 10.2 Å². The number of nitrogens with zero attached hydrogens (tertiary/aromatic N) is 7. The van der Waals surface area contributed by atoms with Gasteiger partial charge in [-0.2, -0.15) is 10.2 Å². The molecule has 4 aromatic rings. The first-order valence-corrected chi connectivity index (χ1v) is 12.9. The predicted molar refractivity (Wildman–Crippen MR) is 134 cm³/mol. The van der Waals surface area contributed by atoms with Crippen molar-refractivity contribution >= 4 is 34.5 Å². The van der Waals surface area contributed by atoms with Crippen LogP contribution in [-0.2, 0) is 13.6 Å². The highest BCUT2D eigenvalue weighted by molar-refractivity contribution is 7.98. The number of carbonyl (C=O) groups excluding carboxylic acids is 1. The average molecular weight is 495 g/mol. The van der Waals surface area contributed by atoms with Crippen LogP contribution in [0.2, 0.25) is 0 Å². The zero-order chi connectivity index (χ0) is 24.4. The molecule has 11 heteroatoms. The first kappa shape index (κ1) is 23.3. The molecule has 0 bridgehead atoms. The van der Waals surface area contributed by atoms with Gasteiger partial charge in [0.25, 0.3) is 5.91 Å². The van der Waals surface area contributed by atoms with Gasteiger partial charge in [0.15, 0.2) is 10.8 Å². The third-order valence-electron chi connectivity index (χ3n) is 6.16. The summed E-state index contributed by atoms with van der Waals surface area (Å²) >= 11 is 1.51. The fourth-order valence-corrected chi connectivity index (χ4v) is 4.69. The maximum absolute atomic E-state index is 13.2. The van der Waals surface area contributed by atoms with E-state index in [1.54, 1.807) is 25.2 Å². The quantitative estimate of drug-likeness (QED) is 0.310. The predicted octanol–water partition coefficient (Wildman–Crippen LogP) is 3.51. The van der Waals surface area contributed by atoms with Crippen LogP contribution in [0, 0.1) is 5.82 Å². The maximum atomic E-state index is 13.2. The Balaban J connectivity index is 1.29. The van der Waals surface area contributed by atoms with Crippen molar-refractivity contribution in [3.8, 4) is 11.3 Å². The van der Waals surface area contributed by atoms with Gasteiger partial charge >= 0.3 is 0 Å². The lowest BCUT2D eigenvalue weighted by molar-refractivity contribution is 0.0942. The highest BCUT2D eigenvalue weighted by Crippen LogP contribution is 2.28. The first-order valence-electron chi connectivity index (χ1n) is 11.6. The Kier molecular flexibility index (Phi) is 6.67. The van der Waals surface area contributed by atoms with Gasteiger partial charge in [-0.3, -0.25) is 9.48 Å². The number of hydrogen-bond acceptors (Lipinski definition) is 7. The van der Waals surface area contributed by atoms with Crippen LogP contribution < -0.4 is 10.2 Å². The summed E-state index contributed by atoms with van der Waals surface area (Å²) in [5, 5.41) is 13.5. The van der Waals surface area contributed by atoms with Crippen LogP contribution in [0.5, 0.6) is 0 Å². The van der Waals surface area contributed by atoms with E-state index in [-0.39, 0.29) is 11.7 Å². The fraction of sp³-hybridized carbons (Fsp3) is 0.375. The minimum atomic E-state index is -0.313. The number of halogens is 1. The molecule has 9 nitrogen and oxygen atoms in total. The van der Waals surface area contributed by atoms with Crippen LogP contribution in [0.15, 0.2) is 41.7 Å². The Morgan fingerprint density at radius 1 is 1.14 bits per heavy atom. The largest absolute Gasteiger partial charge is 0.356 e. The van der Waals surface area contributed by atoms with E-state index in [1.807, 2.05) is 17.1 Å². The lowest BCUT2D eigenvalue weighted by atomic mass is 10.1. The Hall–Kier alpha value is -3.47. The minimum Gasteiger partial charge on any atom is -0.356 e. The second kappa shape index (κ2) is 10.0. The molecule has 182 valence electrons. The fourth-order valence-electron chi connectivity index (χ4n) is 4.33. The van der Waals surface area contributed by atoms with Gasteiger partial charge in [-0.05, 0) is 55.9 Å². The number of thioether (sulfide) groups is 1. The summed E-state index contributed by atoms with van der Waals surface area (Å²) in [5.41, 5.74) is 2.56. The van der Waals surface area contributed by atoms with Crippen LogP contribution in [0.1, 0.15) is 29.8 Å². The number of rotatable bonds is 7. The molecule has 1 fully saturated rings. The summed E-state index contributed by atoms with van der Waals surface area (Å²) in [6.07, 6.45) is 7.37. The third-order valence-corrected chi connectivity index (χ3v) is 6.70. The molecule has 1 N–H and O–H groups in total. The van der Waals surface area contributed by atoms with E-state index in [1.165, 1.54) is 35.0 Å². The lowest BCUT2D eigenvalue weighted by Crippen LogP contribution is -2.30. The SMILES string of the molecule is CSc1nc(N2CCCCC2)c2cnn(CCNC(=O)c3cc(-c4ccc(F)cc4)nn3C)c2n1. The van der Waals surface area contributed by atoms with Crippen molar-refractivity contribution < 1.29 is 9.18 Å².